The molecule has 1 heterocycles. The number of anilines is 1. The van der Waals surface area contributed by atoms with Crippen LogP contribution in [-0.4, -0.2) is 21.4 Å². The molecule has 0 aliphatic rings. The number of aromatic hydroxyl groups is 2. The van der Waals surface area contributed by atoms with Gasteiger partial charge in [0, 0.05) is 5.56 Å². The Bertz CT molecular complexity index is 847. The first kappa shape index (κ1) is 15.3. The minimum absolute atomic E-state index is 0.0613. The van der Waals surface area contributed by atoms with E-state index in [2.05, 4.69) is 47.4 Å². The molecule has 112 valence electrons. The van der Waals surface area contributed by atoms with E-state index in [4.69, 9.17) is 0 Å². The van der Waals surface area contributed by atoms with E-state index in [0.717, 1.165) is 10.2 Å². The summed E-state index contributed by atoms with van der Waals surface area (Å²) in [5.41, 5.74) is 4.19. The zero-order valence-corrected chi connectivity index (χ0v) is 14.9. The molecule has 0 saturated heterocycles. The Kier molecular flexibility index (Phi) is 4.32. The van der Waals surface area contributed by atoms with Crippen LogP contribution in [0, 0.1) is 0 Å². The molecule has 0 fully saturated rings. The highest BCUT2D eigenvalue weighted by Crippen LogP contribution is 2.40. The van der Waals surface area contributed by atoms with Gasteiger partial charge in [-0.1, -0.05) is 23.5 Å². The summed E-state index contributed by atoms with van der Waals surface area (Å²) in [4.78, 5) is 4.39. The molecule has 3 aromatic rings. The first-order valence-electron chi connectivity index (χ1n) is 6.11. The molecular formula is C14H9Br2N3O2S. The van der Waals surface area contributed by atoms with Gasteiger partial charge in [0.1, 0.15) is 16.0 Å². The molecule has 0 radical (unpaired) electrons. The van der Waals surface area contributed by atoms with E-state index < -0.39 is 0 Å². The first-order valence-corrected chi connectivity index (χ1v) is 8.51. The molecule has 0 bridgehead atoms. The van der Waals surface area contributed by atoms with Gasteiger partial charge in [-0.15, -0.1) is 0 Å². The van der Waals surface area contributed by atoms with Gasteiger partial charge in [0.15, 0.2) is 0 Å². The fourth-order valence-electron chi connectivity index (χ4n) is 1.79. The average molecular weight is 443 g/mol. The van der Waals surface area contributed by atoms with Gasteiger partial charge < -0.3 is 10.2 Å². The molecule has 0 aliphatic heterocycles. The second-order valence-electron chi connectivity index (χ2n) is 4.32. The molecule has 1 aromatic heterocycles. The van der Waals surface area contributed by atoms with Crippen LogP contribution in [0.25, 0.3) is 10.2 Å². The maximum absolute atomic E-state index is 9.95. The molecule has 3 N–H and O–H groups in total. The van der Waals surface area contributed by atoms with Crippen molar-refractivity contribution in [2.24, 2.45) is 5.10 Å². The van der Waals surface area contributed by atoms with Crippen molar-refractivity contribution in [2.75, 3.05) is 5.43 Å². The fraction of sp³-hybridized carbons (Fsp3) is 0. The Morgan fingerprint density at radius 3 is 2.73 bits per heavy atom. The van der Waals surface area contributed by atoms with E-state index in [1.807, 2.05) is 24.3 Å². The highest BCUT2D eigenvalue weighted by molar-refractivity contribution is 9.11. The molecule has 0 amide bonds. The maximum atomic E-state index is 9.95. The number of hydrazone groups is 1. The number of phenols is 2. The van der Waals surface area contributed by atoms with Crippen molar-refractivity contribution in [1.29, 1.82) is 0 Å². The number of nitrogens with one attached hydrogen (secondary N) is 1. The third-order valence-electron chi connectivity index (χ3n) is 2.86. The predicted molar refractivity (Wildman–Crippen MR) is 96.0 cm³/mol. The fourth-order valence-corrected chi connectivity index (χ4v) is 3.76. The third kappa shape index (κ3) is 2.94. The van der Waals surface area contributed by atoms with E-state index in [-0.39, 0.29) is 16.0 Å². The number of rotatable bonds is 3. The van der Waals surface area contributed by atoms with Crippen LogP contribution in [0.1, 0.15) is 5.56 Å². The summed E-state index contributed by atoms with van der Waals surface area (Å²) in [6, 6.07) is 9.37. The summed E-state index contributed by atoms with van der Waals surface area (Å²) < 4.78 is 1.74. The van der Waals surface area contributed by atoms with Crippen molar-refractivity contribution in [3.63, 3.8) is 0 Å². The summed E-state index contributed by atoms with van der Waals surface area (Å²) in [6.45, 7) is 0. The van der Waals surface area contributed by atoms with Crippen LogP contribution >= 0.6 is 43.2 Å². The lowest BCUT2D eigenvalue weighted by Gasteiger charge is -2.06. The highest BCUT2D eigenvalue weighted by atomic mass is 79.9. The van der Waals surface area contributed by atoms with Gasteiger partial charge in [-0.05, 0) is 50.1 Å². The number of fused-ring (bicyclic) bond motifs is 1. The number of hydrogen-bond donors (Lipinski definition) is 3. The number of phenolic OH excluding ortho intramolecular Hbond substituents is 2. The molecule has 22 heavy (non-hydrogen) atoms. The minimum Gasteiger partial charge on any atom is -0.506 e. The summed E-state index contributed by atoms with van der Waals surface area (Å²) in [6.07, 6.45) is 1.45. The topological polar surface area (TPSA) is 77.7 Å². The smallest absolute Gasteiger partial charge is 0.204 e. The molecule has 5 nitrogen and oxygen atoms in total. The zero-order valence-electron chi connectivity index (χ0n) is 10.9. The standard InChI is InChI=1S/C14H9Br2N3O2S/c15-8-5-7(12(20)11(16)13(8)21)6-17-19-14-18-9-3-1-2-4-10(9)22-14/h1-6,20-21H,(H,18,19)/b17-6+. The van der Waals surface area contributed by atoms with Crippen LogP contribution in [0.3, 0.4) is 0 Å². The molecule has 0 spiro atoms. The van der Waals surface area contributed by atoms with Crippen molar-refractivity contribution in [2.45, 2.75) is 0 Å². The van der Waals surface area contributed by atoms with Crippen molar-refractivity contribution in [3.05, 3.63) is 44.8 Å². The number of para-hydroxylation sites is 1. The van der Waals surface area contributed by atoms with Crippen molar-refractivity contribution in [1.82, 2.24) is 4.98 Å². The Hall–Kier alpha value is -1.64. The third-order valence-corrected chi connectivity index (χ3v) is 5.15. The molecule has 2 aromatic carbocycles. The summed E-state index contributed by atoms with van der Waals surface area (Å²) in [5.74, 6) is -0.149. The van der Waals surface area contributed by atoms with Crippen LogP contribution in [0.4, 0.5) is 5.13 Å². The lowest BCUT2D eigenvalue weighted by molar-refractivity contribution is 0.442. The number of thiazole rings is 1. The van der Waals surface area contributed by atoms with Gasteiger partial charge in [-0.3, -0.25) is 5.43 Å². The lowest BCUT2D eigenvalue weighted by Crippen LogP contribution is -1.91. The number of halogens is 2. The van der Waals surface area contributed by atoms with Crippen LogP contribution in [0.2, 0.25) is 0 Å². The Balaban J connectivity index is 1.83. The molecule has 0 unspecified atom stereocenters. The Morgan fingerprint density at radius 1 is 1.18 bits per heavy atom. The van der Waals surface area contributed by atoms with E-state index >= 15 is 0 Å². The van der Waals surface area contributed by atoms with Crippen LogP contribution < -0.4 is 5.43 Å². The molecule has 8 heteroatoms. The summed E-state index contributed by atoms with van der Waals surface area (Å²) in [5, 5.41) is 24.4. The summed E-state index contributed by atoms with van der Waals surface area (Å²) in [7, 11) is 0. The molecule has 0 aliphatic carbocycles. The maximum Gasteiger partial charge on any atom is 0.204 e. The van der Waals surface area contributed by atoms with Crippen LogP contribution in [0.5, 0.6) is 11.5 Å². The molecular weight excluding hydrogens is 434 g/mol. The number of aromatic nitrogens is 1. The van der Waals surface area contributed by atoms with E-state index in [0.29, 0.717) is 15.2 Å². The van der Waals surface area contributed by atoms with Gasteiger partial charge >= 0.3 is 0 Å². The van der Waals surface area contributed by atoms with Gasteiger partial charge in [0.05, 0.1) is 20.9 Å². The largest absolute Gasteiger partial charge is 0.506 e. The highest BCUT2D eigenvalue weighted by Gasteiger charge is 2.12. The minimum atomic E-state index is -0.0875. The predicted octanol–water partition coefficient (Wildman–Crippen LogP) is 4.68. The van der Waals surface area contributed by atoms with Gasteiger partial charge in [0.2, 0.25) is 5.13 Å². The van der Waals surface area contributed by atoms with E-state index in [1.165, 1.54) is 17.6 Å². The van der Waals surface area contributed by atoms with E-state index in [1.54, 1.807) is 6.07 Å². The molecule has 0 saturated carbocycles. The van der Waals surface area contributed by atoms with Gasteiger partial charge in [-0.2, -0.15) is 5.10 Å². The first-order chi connectivity index (χ1) is 10.6. The lowest BCUT2D eigenvalue weighted by atomic mass is 10.2. The van der Waals surface area contributed by atoms with Crippen molar-refractivity contribution >= 4 is 64.8 Å². The van der Waals surface area contributed by atoms with Crippen LogP contribution in [-0.2, 0) is 0 Å². The van der Waals surface area contributed by atoms with Crippen LogP contribution in [0.15, 0.2) is 44.4 Å². The Morgan fingerprint density at radius 2 is 1.95 bits per heavy atom. The monoisotopic (exact) mass is 441 g/mol. The quantitative estimate of drug-likeness (QED) is 0.406. The second-order valence-corrected chi connectivity index (χ2v) is 6.99. The van der Waals surface area contributed by atoms with Gasteiger partial charge in [0.25, 0.3) is 0 Å². The molecule has 3 rings (SSSR count). The molecule has 0 atom stereocenters. The number of nitrogens with zero attached hydrogens (tertiary/aromatic N) is 2. The second kappa shape index (κ2) is 6.23. The van der Waals surface area contributed by atoms with E-state index in [9.17, 15) is 10.2 Å². The van der Waals surface area contributed by atoms with Gasteiger partial charge in [-0.25, -0.2) is 4.98 Å². The SMILES string of the molecule is Oc1c(Br)cc(/C=N/Nc2nc3ccccc3s2)c(O)c1Br. The average Bonchev–Trinajstić information content (AvgIpc) is 2.93. The summed E-state index contributed by atoms with van der Waals surface area (Å²) >= 11 is 7.81. The number of hydrogen-bond acceptors (Lipinski definition) is 6. The number of benzene rings is 2. The Labute approximate surface area is 146 Å². The van der Waals surface area contributed by atoms with Crippen molar-refractivity contribution in [3.8, 4) is 11.5 Å². The van der Waals surface area contributed by atoms with Crippen molar-refractivity contribution < 1.29 is 10.2 Å². The zero-order chi connectivity index (χ0) is 15.7. The normalized spacial score (nSPS) is 11.4.